The van der Waals surface area contributed by atoms with E-state index < -0.39 is 18.1 Å². The van der Waals surface area contributed by atoms with Crippen molar-refractivity contribution in [2.75, 3.05) is 20.1 Å². The molecule has 1 rings (SSSR count). The van der Waals surface area contributed by atoms with E-state index in [1.54, 1.807) is 7.05 Å². The molecule has 98 valence electrons. The molecule has 1 fully saturated rings. The molecule has 6 nitrogen and oxygen atoms in total. The second kappa shape index (κ2) is 5.86. The summed E-state index contributed by atoms with van der Waals surface area (Å²) in [5, 5.41) is 18.4. The third-order valence-corrected chi connectivity index (χ3v) is 2.98. The lowest BCUT2D eigenvalue weighted by molar-refractivity contribution is -0.141. The van der Waals surface area contributed by atoms with E-state index in [1.807, 2.05) is 6.92 Å². The van der Waals surface area contributed by atoms with Gasteiger partial charge in [0.05, 0.1) is 6.10 Å². The molecule has 0 aromatic carbocycles. The van der Waals surface area contributed by atoms with E-state index in [0.29, 0.717) is 6.54 Å². The molecule has 1 aliphatic heterocycles. The van der Waals surface area contributed by atoms with E-state index in [4.69, 9.17) is 5.11 Å². The molecule has 1 heterocycles. The summed E-state index contributed by atoms with van der Waals surface area (Å²) < 4.78 is 0. The molecule has 17 heavy (non-hydrogen) atoms. The smallest absolute Gasteiger partial charge is 0.326 e. The fourth-order valence-corrected chi connectivity index (χ4v) is 1.97. The molecule has 0 spiro atoms. The van der Waals surface area contributed by atoms with Gasteiger partial charge in [-0.1, -0.05) is 13.3 Å². The molecule has 6 heteroatoms. The summed E-state index contributed by atoms with van der Waals surface area (Å²) in [5.41, 5.74) is 0. The first-order valence-corrected chi connectivity index (χ1v) is 5.90. The number of aliphatic hydroxyl groups is 1. The molecule has 0 unspecified atom stereocenters. The summed E-state index contributed by atoms with van der Waals surface area (Å²) in [6, 6.07) is -1.22. The average Bonchev–Trinajstić information content (AvgIpc) is 2.67. The largest absolute Gasteiger partial charge is 0.480 e. The van der Waals surface area contributed by atoms with E-state index in [1.165, 1.54) is 9.80 Å². The zero-order valence-corrected chi connectivity index (χ0v) is 10.3. The van der Waals surface area contributed by atoms with Crippen molar-refractivity contribution in [3.63, 3.8) is 0 Å². The maximum absolute atomic E-state index is 12.0. The number of carbonyl (C=O) groups is 2. The molecule has 1 saturated heterocycles. The van der Waals surface area contributed by atoms with Crippen LogP contribution in [0.25, 0.3) is 0 Å². The van der Waals surface area contributed by atoms with Crippen LogP contribution < -0.4 is 0 Å². The molecule has 0 saturated carbocycles. The predicted molar refractivity (Wildman–Crippen MR) is 61.7 cm³/mol. The molecule has 0 aliphatic carbocycles. The third kappa shape index (κ3) is 3.33. The number of β-amino-alcohol motifs (C(OH)–C–C–N with tert-alkyl or cyclic N) is 1. The van der Waals surface area contributed by atoms with Crippen molar-refractivity contribution in [1.29, 1.82) is 0 Å². The lowest BCUT2D eigenvalue weighted by Crippen LogP contribution is -2.47. The Balaban J connectivity index is 2.63. The van der Waals surface area contributed by atoms with Crippen LogP contribution in [0.2, 0.25) is 0 Å². The fourth-order valence-electron chi connectivity index (χ4n) is 1.97. The molecule has 2 N–H and O–H groups in total. The van der Waals surface area contributed by atoms with Crippen LogP contribution in [0.5, 0.6) is 0 Å². The molecule has 2 amide bonds. The highest BCUT2D eigenvalue weighted by atomic mass is 16.4. The van der Waals surface area contributed by atoms with Gasteiger partial charge in [-0.2, -0.15) is 0 Å². The summed E-state index contributed by atoms with van der Waals surface area (Å²) in [6.07, 6.45) is 1.24. The van der Waals surface area contributed by atoms with Gasteiger partial charge in [-0.25, -0.2) is 9.59 Å². The van der Waals surface area contributed by atoms with Gasteiger partial charge in [0.2, 0.25) is 0 Å². The van der Waals surface area contributed by atoms with Gasteiger partial charge in [-0.15, -0.1) is 0 Å². The highest BCUT2D eigenvalue weighted by Gasteiger charge is 2.39. The minimum absolute atomic E-state index is 0.103. The van der Waals surface area contributed by atoms with E-state index in [2.05, 4.69) is 0 Å². The van der Waals surface area contributed by atoms with E-state index in [-0.39, 0.29) is 19.0 Å². The number of aliphatic hydroxyl groups excluding tert-OH is 1. The molecular weight excluding hydrogens is 224 g/mol. The zero-order valence-electron chi connectivity index (χ0n) is 10.3. The number of carboxylic acids is 1. The van der Waals surface area contributed by atoms with Crippen LogP contribution in [-0.2, 0) is 4.79 Å². The number of amides is 2. The monoisotopic (exact) mass is 244 g/mol. The molecule has 0 aromatic rings. The summed E-state index contributed by atoms with van der Waals surface area (Å²) in [5.74, 6) is -1.06. The Morgan fingerprint density at radius 1 is 1.47 bits per heavy atom. The zero-order chi connectivity index (χ0) is 13.0. The second-order valence-corrected chi connectivity index (χ2v) is 4.45. The average molecular weight is 244 g/mol. The van der Waals surface area contributed by atoms with Gasteiger partial charge in [-0.3, -0.25) is 0 Å². The van der Waals surface area contributed by atoms with Gasteiger partial charge in [0.25, 0.3) is 0 Å². The summed E-state index contributed by atoms with van der Waals surface area (Å²) >= 11 is 0. The molecule has 2 atom stereocenters. The van der Waals surface area contributed by atoms with Crippen molar-refractivity contribution in [3.05, 3.63) is 0 Å². The van der Waals surface area contributed by atoms with Gasteiger partial charge >= 0.3 is 12.0 Å². The Hall–Kier alpha value is -1.30. The maximum Gasteiger partial charge on any atom is 0.326 e. The molecule has 1 aliphatic rings. The Labute approximate surface area is 101 Å². The minimum Gasteiger partial charge on any atom is -0.480 e. The third-order valence-electron chi connectivity index (χ3n) is 2.98. The fraction of sp³-hybridized carbons (Fsp3) is 0.818. The van der Waals surface area contributed by atoms with Crippen molar-refractivity contribution in [3.8, 4) is 0 Å². The highest BCUT2D eigenvalue weighted by molar-refractivity contribution is 5.83. The predicted octanol–water partition coefficient (Wildman–Crippen LogP) is 0.358. The number of hydrogen-bond acceptors (Lipinski definition) is 3. The first kappa shape index (κ1) is 13.8. The number of unbranched alkanes of at least 4 members (excludes halogenated alkanes) is 1. The van der Waals surface area contributed by atoms with Gasteiger partial charge in [0, 0.05) is 26.6 Å². The topological polar surface area (TPSA) is 81.1 Å². The first-order valence-electron chi connectivity index (χ1n) is 5.90. The van der Waals surface area contributed by atoms with E-state index >= 15 is 0 Å². The van der Waals surface area contributed by atoms with Crippen molar-refractivity contribution >= 4 is 12.0 Å². The van der Waals surface area contributed by atoms with Gasteiger partial charge in [-0.05, 0) is 6.42 Å². The van der Waals surface area contributed by atoms with Crippen LogP contribution in [0.1, 0.15) is 26.2 Å². The molecule has 0 bridgehead atoms. The van der Waals surface area contributed by atoms with E-state index in [9.17, 15) is 14.7 Å². The lowest BCUT2D eigenvalue weighted by atomic mass is 10.2. The summed E-state index contributed by atoms with van der Waals surface area (Å²) in [6.45, 7) is 2.73. The van der Waals surface area contributed by atoms with Crippen molar-refractivity contribution in [2.45, 2.75) is 38.3 Å². The van der Waals surface area contributed by atoms with Crippen molar-refractivity contribution in [2.24, 2.45) is 0 Å². The number of rotatable bonds is 4. The van der Waals surface area contributed by atoms with Crippen molar-refractivity contribution < 1.29 is 19.8 Å². The molecule has 0 radical (unpaired) electrons. The standard InChI is InChI=1S/C11H20N2O4/c1-3-4-5-12(2)11(17)13-7-8(14)6-9(13)10(15)16/h8-9,14H,3-7H2,1-2H3,(H,15,16)/t8-,9-/m1/s1. The van der Waals surface area contributed by atoms with E-state index in [0.717, 1.165) is 12.8 Å². The number of urea groups is 1. The van der Waals surface area contributed by atoms with Crippen LogP contribution >= 0.6 is 0 Å². The summed E-state index contributed by atoms with van der Waals surface area (Å²) in [4.78, 5) is 25.7. The Morgan fingerprint density at radius 2 is 2.12 bits per heavy atom. The van der Waals surface area contributed by atoms with Gasteiger partial charge in [0.15, 0.2) is 0 Å². The summed E-state index contributed by atoms with van der Waals surface area (Å²) in [7, 11) is 1.65. The van der Waals surface area contributed by atoms with Crippen LogP contribution in [-0.4, -0.2) is 64.3 Å². The second-order valence-electron chi connectivity index (χ2n) is 4.45. The lowest BCUT2D eigenvalue weighted by Gasteiger charge is -2.27. The number of likely N-dealkylation sites (tertiary alicyclic amines) is 1. The van der Waals surface area contributed by atoms with Crippen molar-refractivity contribution in [1.82, 2.24) is 9.80 Å². The number of carboxylic acid groups (broad SMARTS) is 1. The van der Waals surface area contributed by atoms with Gasteiger partial charge in [0.1, 0.15) is 6.04 Å². The normalized spacial score (nSPS) is 23.8. The van der Waals surface area contributed by atoms with Gasteiger partial charge < -0.3 is 20.0 Å². The van der Waals surface area contributed by atoms with Crippen LogP contribution in [0.3, 0.4) is 0 Å². The quantitative estimate of drug-likeness (QED) is 0.748. The SMILES string of the molecule is CCCCN(C)C(=O)N1C[C@H](O)C[C@@H]1C(=O)O. The number of aliphatic carboxylic acids is 1. The Morgan fingerprint density at radius 3 is 2.65 bits per heavy atom. The Kier molecular flexibility index (Phi) is 4.74. The van der Waals surface area contributed by atoms with Crippen LogP contribution in [0.4, 0.5) is 4.79 Å². The maximum atomic E-state index is 12.0. The highest BCUT2D eigenvalue weighted by Crippen LogP contribution is 2.19. The molecule has 0 aromatic heterocycles. The number of nitrogens with zero attached hydrogens (tertiary/aromatic N) is 2. The minimum atomic E-state index is -1.06. The molecular formula is C11H20N2O4. The number of carbonyl (C=O) groups excluding carboxylic acids is 1. The van der Waals surface area contributed by atoms with Crippen LogP contribution in [0.15, 0.2) is 0 Å². The number of hydrogen-bond donors (Lipinski definition) is 2. The first-order chi connectivity index (χ1) is 7.97. The van der Waals surface area contributed by atoms with Crippen LogP contribution in [0, 0.1) is 0 Å². The Bertz CT molecular complexity index is 295.